The Bertz CT molecular complexity index is 1090. The maximum absolute atomic E-state index is 12.4. The smallest absolute Gasteiger partial charge is 0.344 e. The van der Waals surface area contributed by atoms with Crippen LogP contribution in [0, 0.1) is 0 Å². The number of benzene rings is 3. The lowest BCUT2D eigenvalue weighted by Gasteiger charge is -2.10. The van der Waals surface area contributed by atoms with Gasteiger partial charge in [0.2, 0.25) is 5.78 Å². The summed E-state index contributed by atoms with van der Waals surface area (Å²) in [6.45, 7) is -0.843. The van der Waals surface area contributed by atoms with E-state index in [2.05, 4.69) is 0 Å². The summed E-state index contributed by atoms with van der Waals surface area (Å²) in [7, 11) is 2.93. The molecule has 0 saturated carbocycles. The highest BCUT2D eigenvalue weighted by molar-refractivity contribution is 6.09. The fourth-order valence-electron chi connectivity index (χ4n) is 2.90. The zero-order valence-corrected chi connectivity index (χ0v) is 17.7. The van der Waals surface area contributed by atoms with Crippen molar-refractivity contribution in [2.75, 3.05) is 27.4 Å². The third-order valence-electron chi connectivity index (χ3n) is 4.58. The summed E-state index contributed by atoms with van der Waals surface area (Å²) in [6.07, 6.45) is 0. The quantitative estimate of drug-likeness (QED) is 0.355. The van der Waals surface area contributed by atoms with Crippen molar-refractivity contribution in [1.82, 2.24) is 0 Å². The van der Waals surface area contributed by atoms with Gasteiger partial charge in [0, 0.05) is 11.1 Å². The Kier molecular flexibility index (Phi) is 7.59. The summed E-state index contributed by atoms with van der Waals surface area (Å²) in [5, 5.41) is 0. The predicted molar refractivity (Wildman–Crippen MR) is 117 cm³/mol. The van der Waals surface area contributed by atoms with E-state index >= 15 is 0 Å². The second-order valence-electron chi connectivity index (χ2n) is 6.66. The van der Waals surface area contributed by atoms with Gasteiger partial charge >= 0.3 is 5.97 Å². The first-order valence-corrected chi connectivity index (χ1v) is 9.75. The van der Waals surface area contributed by atoms with Crippen LogP contribution < -0.4 is 14.2 Å². The highest BCUT2D eigenvalue weighted by atomic mass is 16.6. The first-order valence-electron chi connectivity index (χ1n) is 9.75. The summed E-state index contributed by atoms with van der Waals surface area (Å²) < 4.78 is 20.7. The first-order chi connectivity index (χ1) is 15.5. The SMILES string of the molecule is COc1ccc(OC)c(C(=O)COC(=O)COc2ccc(C(=O)c3ccccc3)cc2)c1. The number of carbonyl (C=O) groups is 3. The van der Waals surface area contributed by atoms with Gasteiger partial charge < -0.3 is 18.9 Å². The van der Waals surface area contributed by atoms with Crippen molar-refractivity contribution in [1.29, 1.82) is 0 Å². The lowest BCUT2D eigenvalue weighted by molar-refractivity contribution is -0.144. The molecule has 7 heteroatoms. The minimum Gasteiger partial charge on any atom is -0.497 e. The largest absolute Gasteiger partial charge is 0.497 e. The van der Waals surface area contributed by atoms with Crippen molar-refractivity contribution in [3.63, 3.8) is 0 Å². The molecule has 0 aliphatic rings. The number of carbonyl (C=O) groups excluding carboxylic acids is 3. The maximum Gasteiger partial charge on any atom is 0.344 e. The lowest BCUT2D eigenvalue weighted by atomic mass is 10.0. The van der Waals surface area contributed by atoms with Gasteiger partial charge in [-0.25, -0.2) is 4.79 Å². The van der Waals surface area contributed by atoms with Gasteiger partial charge in [-0.15, -0.1) is 0 Å². The van der Waals surface area contributed by atoms with Crippen LogP contribution in [0.5, 0.6) is 17.2 Å². The van der Waals surface area contributed by atoms with Crippen LogP contribution in [0.15, 0.2) is 72.8 Å². The van der Waals surface area contributed by atoms with E-state index in [1.165, 1.54) is 20.3 Å². The summed E-state index contributed by atoms with van der Waals surface area (Å²) >= 11 is 0. The molecule has 0 aromatic heterocycles. The van der Waals surface area contributed by atoms with E-state index in [0.29, 0.717) is 28.4 Å². The minimum absolute atomic E-state index is 0.108. The zero-order valence-electron chi connectivity index (χ0n) is 17.7. The molecule has 0 heterocycles. The number of ketones is 2. The highest BCUT2D eigenvalue weighted by Gasteiger charge is 2.16. The number of Topliss-reactive ketones (excluding diaryl/α,β-unsaturated/α-hetero) is 1. The normalized spacial score (nSPS) is 10.2. The monoisotopic (exact) mass is 434 g/mol. The van der Waals surface area contributed by atoms with Gasteiger partial charge in [-0.05, 0) is 42.5 Å². The third kappa shape index (κ3) is 5.72. The zero-order chi connectivity index (χ0) is 22.9. The average molecular weight is 434 g/mol. The second kappa shape index (κ2) is 10.8. The summed E-state index contributed by atoms with van der Waals surface area (Å²) in [4.78, 5) is 36.8. The molecule has 0 N–H and O–H groups in total. The van der Waals surface area contributed by atoms with Crippen LogP contribution in [0.1, 0.15) is 26.3 Å². The van der Waals surface area contributed by atoms with Gasteiger partial charge in [0.25, 0.3) is 0 Å². The Morgan fingerprint density at radius 2 is 1.38 bits per heavy atom. The molecule has 7 nitrogen and oxygen atoms in total. The van der Waals surface area contributed by atoms with Crippen LogP contribution in [-0.2, 0) is 9.53 Å². The Labute approximate surface area is 185 Å². The molecule has 0 saturated heterocycles. The topological polar surface area (TPSA) is 88.1 Å². The number of esters is 1. The average Bonchev–Trinajstić information content (AvgIpc) is 2.85. The molecule has 0 radical (unpaired) electrons. The van der Waals surface area contributed by atoms with Crippen molar-refractivity contribution in [2.45, 2.75) is 0 Å². The molecule has 0 bridgehead atoms. The number of hydrogen-bond acceptors (Lipinski definition) is 7. The van der Waals surface area contributed by atoms with E-state index in [0.717, 1.165) is 0 Å². The standard InChI is InChI=1S/C25H22O7/c1-29-20-12-13-23(30-2)21(14-20)22(26)15-32-24(27)16-31-19-10-8-18(9-11-19)25(28)17-6-4-3-5-7-17/h3-14H,15-16H2,1-2H3. The van der Waals surface area contributed by atoms with E-state index < -0.39 is 18.4 Å². The lowest BCUT2D eigenvalue weighted by Crippen LogP contribution is -2.20. The van der Waals surface area contributed by atoms with Crippen LogP contribution in [0.2, 0.25) is 0 Å². The molecule has 0 spiro atoms. The molecular formula is C25H22O7. The van der Waals surface area contributed by atoms with Gasteiger partial charge in [0.1, 0.15) is 17.2 Å². The van der Waals surface area contributed by atoms with Gasteiger partial charge in [0.15, 0.2) is 19.0 Å². The Balaban J connectivity index is 1.51. The van der Waals surface area contributed by atoms with E-state index in [9.17, 15) is 14.4 Å². The Morgan fingerprint density at radius 1 is 0.719 bits per heavy atom. The first kappa shape index (κ1) is 22.6. The predicted octanol–water partition coefficient (Wildman–Crippen LogP) is 3.74. The molecule has 0 aliphatic heterocycles. The molecular weight excluding hydrogens is 412 g/mol. The maximum atomic E-state index is 12.4. The summed E-state index contributed by atoms with van der Waals surface area (Å²) in [5.74, 6) is -0.0100. The van der Waals surface area contributed by atoms with Crippen molar-refractivity contribution < 1.29 is 33.3 Å². The summed E-state index contributed by atoms with van der Waals surface area (Å²) in [5.41, 5.74) is 1.34. The minimum atomic E-state index is -0.704. The van der Waals surface area contributed by atoms with Crippen molar-refractivity contribution in [2.24, 2.45) is 0 Å². The van der Waals surface area contributed by atoms with Crippen molar-refractivity contribution in [3.05, 3.63) is 89.5 Å². The van der Waals surface area contributed by atoms with Crippen LogP contribution in [0.4, 0.5) is 0 Å². The Morgan fingerprint density at radius 3 is 2.03 bits per heavy atom. The third-order valence-corrected chi connectivity index (χ3v) is 4.58. The molecule has 0 aliphatic carbocycles. The highest BCUT2D eigenvalue weighted by Crippen LogP contribution is 2.24. The number of ether oxygens (including phenoxy) is 4. The number of hydrogen-bond donors (Lipinski definition) is 0. The van der Waals surface area contributed by atoms with E-state index in [1.54, 1.807) is 60.7 Å². The van der Waals surface area contributed by atoms with Gasteiger partial charge in [-0.1, -0.05) is 30.3 Å². The number of rotatable bonds is 10. The van der Waals surface area contributed by atoms with Gasteiger partial charge in [-0.2, -0.15) is 0 Å². The molecule has 3 aromatic rings. The van der Waals surface area contributed by atoms with Gasteiger partial charge in [0.05, 0.1) is 19.8 Å². The summed E-state index contributed by atoms with van der Waals surface area (Å²) in [6, 6.07) is 20.1. The second-order valence-corrected chi connectivity index (χ2v) is 6.66. The van der Waals surface area contributed by atoms with E-state index in [4.69, 9.17) is 18.9 Å². The molecule has 32 heavy (non-hydrogen) atoms. The fraction of sp³-hybridized carbons (Fsp3) is 0.160. The van der Waals surface area contributed by atoms with Crippen LogP contribution in [0.3, 0.4) is 0 Å². The van der Waals surface area contributed by atoms with Crippen molar-refractivity contribution >= 4 is 17.5 Å². The molecule has 164 valence electrons. The fourth-order valence-corrected chi connectivity index (χ4v) is 2.90. The molecule has 0 atom stereocenters. The molecule has 3 rings (SSSR count). The molecule has 0 fully saturated rings. The molecule has 0 unspecified atom stereocenters. The van der Waals surface area contributed by atoms with E-state index in [-0.39, 0.29) is 18.0 Å². The van der Waals surface area contributed by atoms with Gasteiger partial charge in [-0.3, -0.25) is 9.59 Å². The van der Waals surface area contributed by atoms with Crippen LogP contribution in [-0.4, -0.2) is 45.0 Å². The van der Waals surface area contributed by atoms with Crippen LogP contribution >= 0.6 is 0 Å². The molecule has 0 amide bonds. The van der Waals surface area contributed by atoms with E-state index in [1.807, 2.05) is 6.07 Å². The van der Waals surface area contributed by atoms with Crippen molar-refractivity contribution in [3.8, 4) is 17.2 Å². The molecule has 3 aromatic carbocycles. The Hall–Kier alpha value is -4.13. The number of methoxy groups -OCH3 is 2. The van der Waals surface area contributed by atoms with Crippen LogP contribution in [0.25, 0.3) is 0 Å².